The van der Waals surface area contributed by atoms with Gasteiger partial charge in [-0.05, 0) is 0 Å². The second-order valence-electron chi connectivity index (χ2n) is 4.90. The highest BCUT2D eigenvalue weighted by Gasteiger charge is 2.20. The Bertz CT molecular complexity index is 893. The number of nitrogens with one attached hydrogen (secondary N) is 1. The topological polar surface area (TPSA) is 112 Å². The molecule has 0 aliphatic rings. The van der Waals surface area contributed by atoms with Crippen LogP contribution in [0.1, 0.15) is 18.9 Å². The van der Waals surface area contributed by atoms with Crippen LogP contribution in [0.3, 0.4) is 0 Å². The average Bonchev–Trinajstić information content (AvgIpc) is 2.93. The van der Waals surface area contributed by atoms with E-state index < -0.39 is 10.2 Å². The number of nitriles is 1. The van der Waals surface area contributed by atoms with Gasteiger partial charge in [-0.25, -0.2) is 4.52 Å². The van der Waals surface area contributed by atoms with Gasteiger partial charge in [0.05, 0.1) is 12.3 Å². The first-order valence-electron chi connectivity index (χ1n) is 7.04. The number of hydrogen-bond donors (Lipinski definition) is 1. The Labute approximate surface area is 133 Å². The summed E-state index contributed by atoms with van der Waals surface area (Å²) in [4.78, 5) is 12.1. The molecule has 2 rings (SSSR count). The van der Waals surface area contributed by atoms with Crippen LogP contribution in [0.25, 0.3) is 5.52 Å². The Kier molecular flexibility index (Phi) is 5.15. The molecule has 124 valence electrons. The van der Waals surface area contributed by atoms with E-state index >= 15 is 0 Å². The lowest BCUT2D eigenvalue weighted by Gasteiger charge is -2.19. The van der Waals surface area contributed by atoms with Gasteiger partial charge in [0.2, 0.25) is 0 Å². The molecule has 0 atom stereocenters. The molecule has 0 bridgehead atoms. The third-order valence-electron chi connectivity index (χ3n) is 3.44. The quantitative estimate of drug-likeness (QED) is 0.738. The minimum atomic E-state index is -3.73. The van der Waals surface area contributed by atoms with Crippen molar-refractivity contribution < 1.29 is 8.42 Å². The molecule has 10 heteroatoms. The first kappa shape index (κ1) is 17.1. The molecule has 2 aromatic rings. The predicted octanol–water partition coefficient (Wildman–Crippen LogP) is -0.397. The molecular formula is C13H18N6O3S. The molecule has 23 heavy (non-hydrogen) atoms. The molecule has 0 amide bonds. The third kappa shape index (κ3) is 3.58. The van der Waals surface area contributed by atoms with Crippen molar-refractivity contribution in [3.05, 3.63) is 34.5 Å². The Balaban J connectivity index is 2.22. The van der Waals surface area contributed by atoms with Gasteiger partial charge in [0.1, 0.15) is 5.52 Å². The van der Waals surface area contributed by atoms with Gasteiger partial charge in [0.25, 0.3) is 15.8 Å². The van der Waals surface area contributed by atoms with Crippen molar-refractivity contribution in [2.24, 2.45) is 7.05 Å². The number of nitrogens with zero attached hydrogens (tertiary/aromatic N) is 5. The first-order chi connectivity index (χ1) is 10.9. The number of aryl methyl sites for hydroxylation is 1. The Morgan fingerprint density at radius 1 is 1.43 bits per heavy atom. The zero-order valence-corrected chi connectivity index (χ0v) is 13.7. The summed E-state index contributed by atoms with van der Waals surface area (Å²) in [5.41, 5.74) is 0.569. The maximum Gasteiger partial charge on any atom is 0.279 e. The van der Waals surface area contributed by atoms with Gasteiger partial charge in [-0.3, -0.25) is 4.79 Å². The van der Waals surface area contributed by atoms with Crippen LogP contribution in [0.2, 0.25) is 0 Å². The fourth-order valence-electron chi connectivity index (χ4n) is 2.16. The molecule has 0 spiro atoms. The van der Waals surface area contributed by atoms with E-state index in [4.69, 9.17) is 5.26 Å². The number of hydrogen-bond acceptors (Lipinski definition) is 5. The van der Waals surface area contributed by atoms with Gasteiger partial charge >= 0.3 is 0 Å². The second-order valence-corrected chi connectivity index (χ2v) is 6.66. The van der Waals surface area contributed by atoms with Crippen molar-refractivity contribution in [2.75, 3.05) is 13.1 Å². The lowest BCUT2D eigenvalue weighted by molar-refractivity contribution is 0.425. The lowest BCUT2D eigenvalue weighted by Crippen LogP contribution is -2.40. The van der Waals surface area contributed by atoms with Crippen LogP contribution in [0, 0.1) is 11.3 Å². The molecule has 9 nitrogen and oxygen atoms in total. The monoisotopic (exact) mass is 338 g/mol. The Morgan fingerprint density at radius 2 is 2.17 bits per heavy atom. The van der Waals surface area contributed by atoms with Crippen LogP contribution in [-0.2, 0) is 23.8 Å². The number of aromatic nitrogens is 3. The normalized spacial score (nSPS) is 11.9. The molecular weight excluding hydrogens is 320 g/mol. The van der Waals surface area contributed by atoms with Gasteiger partial charge in [0, 0.05) is 51.1 Å². The molecule has 2 aromatic heterocycles. The lowest BCUT2D eigenvalue weighted by atomic mass is 10.3. The van der Waals surface area contributed by atoms with Crippen LogP contribution in [-0.4, -0.2) is 40.0 Å². The smallest absolute Gasteiger partial charge is 0.279 e. The van der Waals surface area contributed by atoms with E-state index in [1.807, 2.05) is 6.07 Å². The highest BCUT2D eigenvalue weighted by Crippen LogP contribution is 2.07. The largest absolute Gasteiger partial charge is 0.315 e. The minimum Gasteiger partial charge on any atom is -0.315 e. The van der Waals surface area contributed by atoms with Gasteiger partial charge in [-0.1, -0.05) is 6.92 Å². The van der Waals surface area contributed by atoms with Crippen LogP contribution in [0.5, 0.6) is 0 Å². The van der Waals surface area contributed by atoms with Gasteiger partial charge in [-0.15, -0.1) is 0 Å². The molecule has 0 radical (unpaired) electrons. The maximum absolute atomic E-state index is 12.2. The van der Waals surface area contributed by atoms with Crippen molar-refractivity contribution in [3.8, 4) is 6.07 Å². The van der Waals surface area contributed by atoms with E-state index in [0.717, 1.165) is 0 Å². The molecule has 0 fully saturated rings. The van der Waals surface area contributed by atoms with Gasteiger partial charge < -0.3 is 4.57 Å². The van der Waals surface area contributed by atoms with Crippen LogP contribution in [0.15, 0.2) is 23.4 Å². The third-order valence-corrected chi connectivity index (χ3v) is 5.07. The summed E-state index contributed by atoms with van der Waals surface area (Å²) in [7, 11) is -2.11. The maximum atomic E-state index is 12.2. The predicted molar refractivity (Wildman–Crippen MR) is 83.7 cm³/mol. The van der Waals surface area contributed by atoms with Crippen LogP contribution in [0.4, 0.5) is 0 Å². The summed E-state index contributed by atoms with van der Waals surface area (Å²) in [6.45, 7) is 2.03. The van der Waals surface area contributed by atoms with E-state index in [0.29, 0.717) is 11.1 Å². The van der Waals surface area contributed by atoms with Gasteiger partial charge in [-0.2, -0.15) is 27.8 Å². The molecule has 0 saturated heterocycles. The fraction of sp³-hybridized carbons (Fsp3) is 0.462. The summed E-state index contributed by atoms with van der Waals surface area (Å²) in [6.07, 6.45) is 4.79. The van der Waals surface area contributed by atoms with Crippen LogP contribution >= 0.6 is 0 Å². The SMILES string of the molecule is CCN(CCC#N)S(=O)(=O)NCc1cnn2ccn(C)c(=O)c12. The molecule has 0 saturated carbocycles. The molecule has 0 aliphatic carbocycles. The molecule has 2 heterocycles. The zero-order valence-electron chi connectivity index (χ0n) is 12.9. The highest BCUT2D eigenvalue weighted by molar-refractivity contribution is 7.87. The van der Waals surface area contributed by atoms with Crippen molar-refractivity contribution in [3.63, 3.8) is 0 Å². The van der Waals surface area contributed by atoms with E-state index in [2.05, 4.69) is 9.82 Å². The average molecular weight is 338 g/mol. The summed E-state index contributed by atoms with van der Waals surface area (Å²) in [5, 5.41) is 12.6. The van der Waals surface area contributed by atoms with E-state index in [9.17, 15) is 13.2 Å². The Hall–Kier alpha value is -2.22. The second kappa shape index (κ2) is 6.91. The van der Waals surface area contributed by atoms with Crippen molar-refractivity contribution in [1.29, 1.82) is 5.26 Å². The van der Waals surface area contributed by atoms with Gasteiger partial charge in [0.15, 0.2) is 0 Å². The zero-order chi connectivity index (χ0) is 17.0. The molecule has 0 aromatic carbocycles. The fourth-order valence-corrected chi connectivity index (χ4v) is 3.35. The summed E-state index contributed by atoms with van der Waals surface area (Å²) in [6, 6.07) is 1.92. The highest BCUT2D eigenvalue weighted by atomic mass is 32.2. The van der Waals surface area contributed by atoms with Crippen molar-refractivity contribution in [2.45, 2.75) is 19.9 Å². The standard InChI is InChI=1S/C13H18N6O3S/c1-3-18(6-4-5-14)23(21,22)16-10-11-9-15-19-8-7-17(2)13(20)12(11)19/h7-9,16H,3-4,6,10H2,1-2H3. The summed E-state index contributed by atoms with van der Waals surface area (Å²) in [5.74, 6) is 0. The number of fused-ring (bicyclic) bond motifs is 1. The van der Waals surface area contributed by atoms with Crippen molar-refractivity contribution in [1.82, 2.24) is 23.2 Å². The van der Waals surface area contributed by atoms with Crippen molar-refractivity contribution >= 4 is 15.7 Å². The van der Waals surface area contributed by atoms with Crippen LogP contribution < -0.4 is 10.3 Å². The summed E-state index contributed by atoms with van der Waals surface area (Å²) < 4.78 is 30.9. The summed E-state index contributed by atoms with van der Waals surface area (Å²) >= 11 is 0. The Morgan fingerprint density at radius 3 is 2.83 bits per heavy atom. The molecule has 0 unspecified atom stereocenters. The molecule has 0 aliphatic heterocycles. The van der Waals surface area contributed by atoms with E-state index in [1.165, 1.54) is 19.6 Å². The van der Waals surface area contributed by atoms with E-state index in [1.54, 1.807) is 26.4 Å². The first-order valence-corrected chi connectivity index (χ1v) is 8.48. The minimum absolute atomic E-state index is 0.0475. The number of rotatable bonds is 7. The molecule has 1 N–H and O–H groups in total. The van der Waals surface area contributed by atoms with E-state index in [-0.39, 0.29) is 31.6 Å².